The lowest BCUT2D eigenvalue weighted by Gasteiger charge is -2.38. The monoisotopic (exact) mass is 335 g/mol. The number of hydrogen-bond donors (Lipinski definition) is 2. The van der Waals surface area contributed by atoms with Crippen molar-refractivity contribution < 1.29 is 23.8 Å². The summed E-state index contributed by atoms with van der Waals surface area (Å²) in [6.07, 6.45) is -0.834. The summed E-state index contributed by atoms with van der Waals surface area (Å²) in [6.45, 7) is 2.47. The van der Waals surface area contributed by atoms with Gasteiger partial charge in [0, 0.05) is 26.1 Å². The molecule has 3 heterocycles. The van der Waals surface area contributed by atoms with Gasteiger partial charge in [-0.2, -0.15) is 0 Å². The molecule has 0 aliphatic carbocycles. The Morgan fingerprint density at radius 3 is 2.83 bits per heavy atom. The van der Waals surface area contributed by atoms with E-state index >= 15 is 0 Å². The maximum Gasteiger partial charge on any atom is 0.415 e. The Morgan fingerprint density at radius 1 is 1.42 bits per heavy atom. The zero-order valence-corrected chi connectivity index (χ0v) is 13.2. The minimum atomic E-state index is -0.513. The average molecular weight is 335 g/mol. The number of halogens is 1. The molecule has 0 aromatic heterocycles. The van der Waals surface area contributed by atoms with Crippen LogP contribution in [0.25, 0.3) is 0 Å². The lowest BCUT2D eigenvalue weighted by molar-refractivity contribution is -0.119. The highest BCUT2D eigenvalue weighted by atomic mass is 19.1. The summed E-state index contributed by atoms with van der Waals surface area (Å²) in [6, 6.07) is 2.87. The first-order valence-electron chi connectivity index (χ1n) is 7.93. The number of aliphatic hydroxyl groups is 1. The Kier molecular flexibility index (Phi) is 3.38. The van der Waals surface area contributed by atoms with Crippen molar-refractivity contribution in [3.63, 3.8) is 0 Å². The lowest BCUT2D eigenvalue weighted by Crippen LogP contribution is -2.51. The van der Waals surface area contributed by atoms with E-state index in [2.05, 4.69) is 5.32 Å². The number of ether oxygens (including phenoxy) is 1. The van der Waals surface area contributed by atoms with E-state index in [1.807, 2.05) is 0 Å². The summed E-state index contributed by atoms with van der Waals surface area (Å²) in [7, 11) is 0. The SMILES string of the molecule is CC(=O)NC[C@@H]1OC(=O)N2c3cc(F)c(N4CC(O)C4)cc3C[C@@H]12. The largest absolute Gasteiger partial charge is 0.442 e. The molecule has 3 aliphatic rings. The smallest absolute Gasteiger partial charge is 0.415 e. The van der Waals surface area contributed by atoms with Crippen molar-refractivity contribution in [3.8, 4) is 0 Å². The number of hydrogen-bond acceptors (Lipinski definition) is 5. The van der Waals surface area contributed by atoms with Crippen LogP contribution >= 0.6 is 0 Å². The molecule has 2 saturated heterocycles. The second-order valence-electron chi connectivity index (χ2n) is 6.49. The Balaban J connectivity index is 1.59. The number of nitrogens with one attached hydrogen (secondary N) is 1. The zero-order valence-electron chi connectivity index (χ0n) is 13.2. The number of benzene rings is 1. The number of anilines is 2. The third-order valence-corrected chi connectivity index (χ3v) is 4.80. The molecule has 0 unspecified atom stereocenters. The molecule has 0 saturated carbocycles. The molecule has 7 nitrogen and oxygen atoms in total. The van der Waals surface area contributed by atoms with E-state index < -0.39 is 24.1 Å². The van der Waals surface area contributed by atoms with Crippen LogP contribution in [-0.4, -0.2) is 55.0 Å². The average Bonchev–Trinajstić information content (AvgIpc) is 2.99. The first-order chi connectivity index (χ1) is 11.4. The number of amides is 2. The van der Waals surface area contributed by atoms with Crippen molar-refractivity contribution >= 4 is 23.4 Å². The Morgan fingerprint density at radius 2 is 2.17 bits per heavy atom. The van der Waals surface area contributed by atoms with Gasteiger partial charge in [0.15, 0.2) is 0 Å². The first-order valence-corrected chi connectivity index (χ1v) is 7.93. The van der Waals surface area contributed by atoms with Crippen molar-refractivity contribution in [2.75, 3.05) is 29.4 Å². The predicted octanol–water partition coefficient (Wildman–Crippen LogP) is 0.393. The second-order valence-corrected chi connectivity index (χ2v) is 6.49. The number of nitrogens with zero attached hydrogens (tertiary/aromatic N) is 2. The van der Waals surface area contributed by atoms with Gasteiger partial charge < -0.3 is 20.1 Å². The molecule has 0 radical (unpaired) electrons. The van der Waals surface area contributed by atoms with Crippen molar-refractivity contribution in [3.05, 3.63) is 23.5 Å². The fourth-order valence-electron chi connectivity index (χ4n) is 3.59. The predicted molar refractivity (Wildman–Crippen MR) is 83.5 cm³/mol. The van der Waals surface area contributed by atoms with E-state index in [1.165, 1.54) is 17.9 Å². The highest BCUT2D eigenvalue weighted by Gasteiger charge is 2.48. The molecule has 8 heteroatoms. The minimum absolute atomic E-state index is 0.190. The van der Waals surface area contributed by atoms with Crippen LogP contribution < -0.4 is 15.1 Å². The van der Waals surface area contributed by atoms with Crippen molar-refractivity contribution in [1.82, 2.24) is 5.32 Å². The van der Waals surface area contributed by atoms with Crippen molar-refractivity contribution in [1.29, 1.82) is 0 Å². The highest BCUT2D eigenvalue weighted by molar-refractivity contribution is 5.94. The van der Waals surface area contributed by atoms with E-state index in [0.29, 0.717) is 30.9 Å². The molecule has 0 spiro atoms. The summed E-state index contributed by atoms with van der Waals surface area (Å²) in [5, 5.41) is 12.1. The van der Waals surface area contributed by atoms with Gasteiger partial charge in [0.05, 0.1) is 30.1 Å². The van der Waals surface area contributed by atoms with Crippen LogP contribution in [-0.2, 0) is 16.0 Å². The molecule has 1 aromatic carbocycles. The molecule has 1 aromatic rings. The standard InChI is InChI=1S/C16H18FN3O4/c1-8(21)18-5-15-14-3-9-2-13(19-6-10(22)7-19)11(17)4-12(9)20(14)16(23)24-15/h2,4,10,14-15,22H,3,5-7H2,1H3,(H,18,21)/t14-,15-/m0/s1. The molecule has 128 valence electrons. The zero-order chi connectivity index (χ0) is 17.0. The Hall–Kier alpha value is -2.35. The van der Waals surface area contributed by atoms with E-state index in [0.717, 1.165) is 5.56 Å². The normalized spacial score (nSPS) is 25.2. The van der Waals surface area contributed by atoms with Gasteiger partial charge in [0.2, 0.25) is 5.91 Å². The maximum absolute atomic E-state index is 14.4. The number of aliphatic hydroxyl groups excluding tert-OH is 1. The van der Waals surface area contributed by atoms with Gasteiger partial charge in [-0.15, -0.1) is 0 Å². The summed E-state index contributed by atoms with van der Waals surface area (Å²) < 4.78 is 19.7. The van der Waals surface area contributed by atoms with Crippen LogP contribution in [0.1, 0.15) is 12.5 Å². The number of β-amino-alcohol motifs (C(OH)–C–C–N with tert-alkyl or cyclic N) is 1. The van der Waals surface area contributed by atoms with E-state index in [1.54, 1.807) is 11.0 Å². The van der Waals surface area contributed by atoms with Crippen molar-refractivity contribution in [2.45, 2.75) is 31.6 Å². The molecular formula is C16H18FN3O4. The van der Waals surface area contributed by atoms with Gasteiger partial charge in [0.1, 0.15) is 11.9 Å². The van der Waals surface area contributed by atoms with Crippen LogP contribution in [0.2, 0.25) is 0 Å². The Labute approximate surface area is 138 Å². The third-order valence-electron chi connectivity index (χ3n) is 4.80. The number of carbonyl (C=O) groups excluding carboxylic acids is 2. The molecule has 2 fully saturated rings. The molecule has 2 N–H and O–H groups in total. The number of rotatable bonds is 3. The fraction of sp³-hybridized carbons (Fsp3) is 0.500. The highest BCUT2D eigenvalue weighted by Crippen LogP contribution is 2.42. The summed E-state index contributed by atoms with van der Waals surface area (Å²) in [4.78, 5) is 26.5. The van der Waals surface area contributed by atoms with Gasteiger partial charge in [0.25, 0.3) is 0 Å². The van der Waals surface area contributed by atoms with Gasteiger partial charge in [-0.25, -0.2) is 9.18 Å². The second kappa shape index (κ2) is 5.34. The molecule has 0 bridgehead atoms. The third kappa shape index (κ3) is 2.29. The Bertz CT molecular complexity index is 720. The maximum atomic E-state index is 14.4. The first kappa shape index (κ1) is 15.2. The number of carbonyl (C=O) groups is 2. The van der Waals surface area contributed by atoms with Crippen molar-refractivity contribution in [2.24, 2.45) is 0 Å². The van der Waals surface area contributed by atoms with E-state index in [4.69, 9.17) is 4.74 Å². The molecule has 24 heavy (non-hydrogen) atoms. The summed E-state index contributed by atoms with van der Waals surface area (Å²) in [5.74, 6) is -0.607. The van der Waals surface area contributed by atoms with Gasteiger partial charge in [-0.1, -0.05) is 0 Å². The lowest BCUT2D eigenvalue weighted by atomic mass is 10.0. The van der Waals surface area contributed by atoms with E-state index in [9.17, 15) is 19.1 Å². The van der Waals surface area contributed by atoms with Gasteiger partial charge in [-0.05, 0) is 18.1 Å². The topological polar surface area (TPSA) is 82.1 Å². The molecule has 3 aliphatic heterocycles. The molecule has 4 rings (SSSR count). The number of cyclic esters (lactones) is 1. The van der Waals surface area contributed by atoms with Crippen LogP contribution in [0, 0.1) is 5.82 Å². The fourth-order valence-corrected chi connectivity index (χ4v) is 3.59. The van der Waals surface area contributed by atoms with Gasteiger partial charge >= 0.3 is 6.09 Å². The van der Waals surface area contributed by atoms with Crippen LogP contribution in [0.5, 0.6) is 0 Å². The summed E-state index contributed by atoms with van der Waals surface area (Å²) in [5.41, 5.74) is 1.85. The van der Waals surface area contributed by atoms with Gasteiger partial charge in [-0.3, -0.25) is 9.69 Å². The molecular weight excluding hydrogens is 317 g/mol. The van der Waals surface area contributed by atoms with Crippen LogP contribution in [0.3, 0.4) is 0 Å². The number of fused-ring (bicyclic) bond motifs is 3. The summed E-state index contributed by atoms with van der Waals surface area (Å²) >= 11 is 0. The molecule has 2 atom stereocenters. The quantitative estimate of drug-likeness (QED) is 0.835. The van der Waals surface area contributed by atoms with Crippen LogP contribution in [0.15, 0.2) is 12.1 Å². The minimum Gasteiger partial charge on any atom is -0.442 e. The van der Waals surface area contributed by atoms with E-state index in [-0.39, 0.29) is 18.5 Å². The van der Waals surface area contributed by atoms with Crippen LogP contribution in [0.4, 0.5) is 20.6 Å². The molecule has 2 amide bonds.